The molecular weight excluding hydrogens is 430 g/mol. The monoisotopic (exact) mass is 465 g/mol. The molecule has 184 valence electrons. The Labute approximate surface area is 194 Å². The van der Waals surface area contributed by atoms with Crippen molar-refractivity contribution in [1.29, 1.82) is 0 Å². The number of benzene rings is 1. The Kier molecular flexibility index (Phi) is 10.3. The second kappa shape index (κ2) is 12.2. The molecule has 0 heterocycles. The summed E-state index contributed by atoms with van der Waals surface area (Å²) in [6, 6.07) is 6.40. The summed E-state index contributed by atoms with van der Waals surface area (Å²) in [7, 11) is 0. The van der Waals surface area contributed by atoms with Crippen LogP contribution in [0.2, 0.25) is 0 Å². The lowest BCUT2D eigenvalue weighted by atomic mass is 10.1. The zero-order valence-corrected chi connectivity index (χ0v) is 20.1. The van der Waals surface area contributed by atoms with Crippen molar-refractivity contribution in [3.63, 3.8) is 0 Å². The van der Waals surface area contributed by atoms with Crippen molar-refractivity contribution in [2.45, 2.75) is 77.9 Å². The minimum atomic E-state index is -1.36. The Hall–Kier alpha value is -3.14. The molecule has 1 aromatic rings. The van der Waals surface area contributed by atoms with Gasteiger partial charge in [0.05, 0.1) is 18.6 Å². The van der Waals surface area contributed by atoms with Gasteiger partial charge in [0.2, 0.25) is 11.8 Å². The Balaban J connectivity index is 2.87. The van der Waals surface area contributed by atoms with Crippen LogP contribution in [0.3, 0.4) is 0 Å². The molecule has 2 atom stereocenters. The summed E-state index contributed by atoms with van der Waals surface area (Å²) >= 11 is 0. The van der Waals surface area contributed by atoms with E-state index < -0.39 is 53.6 Å². The first-order valence-electron chi connectivity index (χ1n) is 10.6. The molecule has 2 unspecified atom stereocenters. The van der Waals surface area contributed by atoms with Gasteiger partial charge in [-0.1, -0.05) is 30.3 Å². The fraction of sp³-hybridized carbons (Fsp3) is 0.565. The van der Waals surface area contributed by atoms with Gasteiger partial charge in [0, 0.05) is 0 Å². The van der Waals surface area contributed by atoms with Crippen LogP contribution in [-0.4, -0.2) is 53.8 Å². The molecule has 0 aliphatic carbocycles. The predicted octanol–water partition coefficient (Wildman–Crippen LogP) is 1.80. The Bertz CT molecular complexity index is 814. The standard InChI is InChI=1S/C23H35N3O7/c1-22(2,3)32-14-17(20(29)33-23(4,5)6)25-19(28)16(12-18(24)27)26-21(30)31-13-15-10-8-7-9-11-15/h7-11,16-17H,12-14H2,1-6H3,(H2,24,27)(H,25,28)(H,26,30). The first-order valence-corrected chi connectivity index (χ1v) is 10.6. The molecule has 0 saturated heterocycles. The Morgan fingerprint density at radius 3 is 2.03 bits per heavy atom. The number of hydrogen-bond acceptors (Lipinski definition) is 7. The summed E-state index contributed by atoms with van der Waals surface area (Å²) in [4.78, 5) is 49.1. The van der Waals surface area contributed by atoms with E-state index in [9.17, 15) is 19.2 Å². The molecule has 1 rings (SSSR count). The number of ether oxygens (including phenoxy) is 3. The predicted molar refractivity (Wildman–Crippen MR) is 121 cm³/mol. The van der Waals surface area contributed by atoms with E-state index in [1.54, 1.807) is 65.8 Å². The van der Waals surface area contributed by atoms with Gasteiger partial charge in [-0.3, -0.25) is 9.59 Å². The molecule has 0 aliphatic rings. The lowest BCUT2D eigenvalue weighted by Gasteiger charge is -2.28. The molecule has 0 fully saturated rings. The second-order valence-electron chi connectivity index (χ2n) is 9.45. The highest BCUT2D eigenvalue weighted by molar-refractivity contribution is 5.93. The molecule has 10 heteroatoms. The SMILES string of the molecule is CC(C)(C)OCC(NC(=O)C(CC(N)=O)NC(=O)OCc1ccccc1)C(=O)OC(C)(C)C. The molecule has 0 spiro atoms. The zero-order valence-electron chi connectivity index (χ0n) is 20.1. The van der Waals surface area contributed by atoms with Crippen molar-refractivity contribution in [1.82, 2.24) is 10.6 Å². The summed E-state index contributed by atoms with van der Waals surface area (Å²) in [6.45, 7) is 10.2. The van der Waals surface area contributed by atoms with Gasteiger partial charge >= 0.3 is 12.1 Å². The maximum Gasteiger partial charge on any atom is 0.408 e. The second-order valence-corrected chi connectivity index (χ2v) is 9.45. The van der Waals surface area contributed by atoms with E-state index in [0.717, 1.165) is 5.56 Å². The van der Waals surface area contributed by atoms with Crippen molar-refractivity contribution in [2.75, 3.05) is 6.61 Å². The highest BCUT2D eigenvalue weighted by Crippen LogP contribution is 2.12. The third-order valence-corrected chi connectivity index (χ3v) is 3.92. The highest BCUT2D eigenvalue weighted by Gasteiger charge is 2.32. The van der Waals surface area contributed by atoms with E-state index in [0.29, 0.717) is 0 Å². The van der Waals surface area contributed by atoms with Crippen molar-refractivity contribution in [2.24, 2.45) is 5.73 Å². The summed E-state index contributed by atoms with van der Waals surface area (Å²) in [5, 5.41) is 4.80. The number of rotatable bonds is 10. The van der Waals surface area contributed by atoms with E-state index in [1.807, 2.05) is 6.07 Å². The van der Waals surface area contributed by atoms with E-state index in [4.69, 9.17) is 19.9 Å². The Morgan fingerprint density at radius 1 is 0.909 bits per heavy atom. The third-order valence-electron chi connectivity index (χ3n) is 3.92. The largest absolute Gasteiger partial charge is 0.458 e. The number of esters is 1. The fourth-order valence-electron chi connectivity index (χ4n) is 2.46. The highest BCUT2D eigenvalue weighted by atomic mass is 16.6. The minimum Gasteiger partial charge on any atom is -0.458 e. The fourth-order valence-corrected chi connectivity index (χ4v) is 2.46. The summed E-state index contributed by atoms with van der Waals surface area (Å²) in [5.74, 6) is -2.35. The quantitative estimate of drug-likeness (QED) is 0.447. The van der Waals surface area contributed by atoms with Crippen LogP contribution in [0.4, 0.5) is 4.79 Å². The number of nitrogens with one attached hydrogen (secondary N) is 2. The van der Waals surface area contributed by atoms with E-state index in [2.05, 4.69) is 10.6 Å². The van der Waals surface area contributed by atoms with E-state index in [-0.39, 0.29) is 13.2 Å². The molecule has 3 amide bonds. The number of alkyl carbamates (subject to hydrolysis) is 1. The number of carbonyl (C=O) groups excluding carboxylic acids is 4. The van der Waals surface area contributed by atoms with Gasteiger partial charge in [-0.2, -0.15) is 0 Å². The molecule has 33 heavy (non-hydrogen) atoms. The average molecular weight is 466 g/mol. The van der Waals surface area contributed by atoms with Gasteiger partial charge in [0.15, 0.2) is 6.04 Å². The molecular formula is C23H35N3O7. The van der Waals surface area contributed by atoms with Crippen molar-refractivity contribution in [3.05, 3.63) is 35.9 Å². The molecule has 0 saturated carbocycles. The lowest BCUT2D eigenvalue weighted by Crippen LogP contribution is -2.55. The van der Waals surface area contributed by atoms with Crippen molar-refractivity contribution >= 4 is 23.9 Å². The maximum absolute atomic E-state index is 12.8. The number of carbonyl (C=O) groups is 4. The maximum atomic E-state index is 12.8. The van der Waals surface area contributed by atoms with Crippen LogP contribution < -0.4 is 16.4 Å². The molecule has 4 N–H and O–H groups in total. The minimum absolute atomic E-state index is 0.0302. The van der Waals surface area contributed by atoms with Crippen LogP contribution in [0.15, 0.2) is 30.3 Å². The molecule has 0 aromatic heterocycles. The number of primary amides is 1. The van der Waals surface area contributed by atoms with Crippen LogP contribution >= 0.6 is 0 Å². The van der Waals surface area contributed by atoms with Gasteiger partial charge in [0.25, 0.3) is 0 Å². The number of hydrogen-bond donors (Lipinski definition) is 3. The zero-order chi connectivity index (χ0) is 25.2. The van der Waals surface area contributed by atoms with Crippen LogP contribution in [-0.2, 0) is 35.2 Å². The van der Waals surface area contributed by atoms with Crippen molar-refractivity contribution < 1.29 is 33.4 Å². The lowest BCUT2D eigenvalue weighted by molar-refractivity contribution is -0.162. The van der Waals surface area contributed by atoms with Gasteiger partial charge in [-0.15, -0.1) is 0 Å². The third kappa shape index (κ3) is 12.5. The molecule has 0 aliphatic heterocycles. The van der Waals surface area contributed by atoms with Gasteiger partial charge < -0.3 is 30.6 Å². The summed E-state index contributed by atoms with van der Waals surface area (Å²) < 4.78 is 16.1. The number of nitrogens with two attached hydrogens (primary N) is 1. The molecule has 0 radical (unpaired) electrons. The van der Waals surface area contributed by atoms with Gasteiger partial charge in [-0.05, 0) is 47.1 Å². The molecule has 10 nitrogen and oxygen atoms in total. The van der Waals surface area contributed by atoms with Crippen LogP contribution in [0.25, 0.3) is 0 Å². The normalized spacial score (nSPS) is 13.4. The molecule has 0 bridgehead atoms. The van der Waals surface area contributed by atoms with Crippen LogP contribution in [0.1, 0.15) is 53.5 Å². The van der Waals surface area contributed by atoms with Gasteiger partial charge in [0.1, 0.15) is 18.2 Å². The van der Waals surface area contributed by atoms with Crippen LogP contribution in [0.5, 0.6) is 0 Å². The smallest absolute Gasteiger partial charge is 0.408 e. The summed E-state index contributed by atoms with van der Waals surface area (Å²) in [6.07, 6.45) is -1.41. The topological polar surface area (TPSA) is 146 Å². The number of amides is 3. The average Bonchev–Trinajstić information content (AvgIpc) is 2.67. The van der Waals surface area contributed by atoms with E-state index >= 15 is 0 Å². The first-order chi connectivity index (χ1) is 15.2. The van der Waals surface area contributed by atoms with Crippen LogP contribution in [0, 0.1) is 0 Å². The van der Waals surface area contributed by atoms with Gasteiger partial charge in [-0.25, -0.2) is 9.59 Å². The summed E-state index contributed by atoms with van der Waals surface area (Å²) in [5.41, 5.74) is 4.59. The molecule has 1 aromatic carbocycles. The first kappa shape index (κ1) is 27.9. The van der Waals surface area contributed by atoms with E-state index in [1.165, 1.54) is 0 Å². The Morgan fingerprint density at radius 2 is 1.52 bits per heavy atom. The van der Waals surface area contributed by atoms with Crippen molar-refractivity contribution in [3.8, 4) is 0 Å².